The lowest BCUT2D eigenvalue weighted by Gasteiger charge is -2.33. The molecule has 3 amide bonds. The predicted octanol–water partition coefficient (Wildman–Crippen LogP) is 3.01. The molecule has 3 aromatic heterocycles. The van der Waals surface area contributed by atoms with E-state index in [1.54, 1.807) is 36.7 Å². The largest absolute Gasteiger partial charge is 0.364 e. The van der Waals surface area contributed by atoms with Crippen LogP contribution in [0.1, 0.15) is 89.1 Å². The molecule has 3 heterocycles. The Labute approximate surface area is 208 Å². The van der Waals surface area contributed by atoms with Crippen molar-refractivity contribution in [3.8, 4) is 0 Å². The number of primary amides is 1. The highest BCUT2D eigenvalue weighted by Gasteiger charge is 2.38. The monoisotopic (exact) mass is 487 g/mol. The molecule has 0 spiro atoms. The Balaban J connectivity index is 1.63. The number of nitrogens with zero attached hydrogens (tertiary/aromatic N) is 4. The van der Waals surface area contributed by atoms with Crippen molar-refractivity contribution in [2.75, 3.05) is 4.90 Å². The summed E-state index contributed by atoms with van der Waals surface area (Å²) < 4.78 is 0. The van der Waals surface area contributed by atoms with Crippen molar-refractivity contribution in [3.63, 3.8) is 0 Å². The van der Waals surface area contributed by atoms with E-state index in [0.717, 1.165) is 50.6 Å². The van der Waals surface area contributed by atoms with E-state index in [1.807, 2.05) is 0 Å². The first-order valence-corrected chi connectivity index (χ1v) is 12.4. The summed E-state index contributed by atoms with van der Waals surface area (Å²) in [6.07, 6.45) is 12.9. The van der Waals surface area contributed by atoms with Crippen LogP contribution in [0.4, 0.5) is 5.69 Å². The van der Waals surface area contributed by atoms with Crippen LogP contribution in [0.2, 0.25) is 0 Å². The molecule has 36 heavy (non-hydrogen) atoms. The van der Waals surface area contributed by atoms with Gasteiger partial charge in [-0.05, 0) is 43.9 Å². The van der Waals surface area contributed by atoms with E-state index in [-0.39, 0.29) is 34.9 Å². The molecule has 0 aliphatic heterocycles. The quantitative estimate of drug-likeness (QED) is 0.445. The van der Waals surface area contributed by atoms with Crippen LogP contribution >= 0.6 is 0 Å². The van der Waals surface area contributed by atoms with Gasteiger partial charge >= 0.3 is 0 Å². The Morgan fingerprint density at radius 3 is 2.47 bits per heavy atom. The van der Waals surface area contributed by atoms with Crippen LogP contribution in [0.5, 0.6) is 0 Å². The number of nitrogens with one attached hydrogen (secondary N) is 2. The standard InChI is InChI=1S/C26H29N7O3/c27-24(34)22-21(11-10-19(32-22)16-8-9-16)33(26(36)20-14-29-15-30-20)23(17-5-4-12-28-13-17)25(35)31-18-6-2-1-3-7-18/h4-5,10-16,18,23H,1-3,6-9H2,(H2,27,34)(H,29,30)(H,31,35)/t23-/m0/s1. The van der Waals surface area contributed by atoms with Gasteiger partial charge in [-0.1, -0.05) is 25.3 Å². The van der Waals surface area contributed by atoms with E-state index in [1.165, 1.54) is 17.4 Å². The second-order valence-corrected chi connectivity index (χ2v) is 9.42. The van der Waals surface area contributed by atoms with E-state index in [0.29, 0.717) is 5.56 Å². The molecule has 0 unspecified atom stereocenters. The van der Waals surface area contributed by atoms with E-state index in [4.69, 9.17) is 5.73 Å². The fourth-order valence-corrected chi connectivity index (χ4v) is 4.80. The summed E-state index contributed by atoms with van der Waals surface area (Å²) in [5.74, 6) is -1.39. The van der Waals surface area contributed by atoms with Crippen molar-refractivity contribution in [2.24, 2.45) is 5.73 Å². The molecule has 0 radical (unpaired) electrons. The van der Waals surface area contributed by atoms with E-state index in [2.05, 4.69) is 25.3 Å². The minimum atomic E-state index is -1.11. The molecule has 5 rings (SSSR count). The van der Waals surface area contributed by atoms with Crippen molar-refractivity contribution in [1.29, 1.82) is 0 Å². The molecular formula is C26H29N7O3. The SMILES string of the molecule is NC(=O)c1nc(C2CC2)ccc1N(C(=O)c1cnc[nH]1)[C@H](C(=O)NC1CCCCC1)c1cccnc1. The maximum absolute atomic E-state index is 13.9. The average Bonchev–Trinajstić information content (AvgIpc) is 3.61. The lowest BCUT2D eigenvalue weighted by atomic mass is 9.94. The van der Waals surface area contributed by atoms with Crippen molar-refractivity contribution < 1.29 is 14.4 Å². The van der Waals surface area contributed by atoms with Gasteiger partial charge in [0.2, 0.25) is 5.91 Å². The number of anilines is 1. The van der Waals surface area contributed by atoms with Crippen LogP contribution in [0.3, 0.4) is 0 Å². The summed E-state index contributed by atoms with van der Waals surface area (Å²) in [6.45, 7) is 0. The third-order valence-electron chi connectivity index (χ3n) is 6.79. The lowest BCUT2D eigenvalue weighted by Crippen LogP contribution is -2.48. The molecule has 1 atom stereocenters. The maximum Gasteiger partial charge on any atom is 0.277 e. The Bertz CT molecular complexity index is 1240. The van der Waals surface area contributed by atoms with Crippen LogP contribution in [-0.2, 0) is 4.79 Å². The number of pyridine rings is 2. The van der Waals surface area contributed by atoms with Crippen LogP contribution in [0.25, 0.3) is 0 Å². The molecule has 0 aromatic carbocycles. The highest BCUT2D eigenvalue weighted by Crippen LogP contribution is 2.40. The Kier molecular flexibility index (Phi) is 6.75. The van der Waals surface area contributed by atoms with Gasteiger partial charge in [0.15, 0.2) is 5.69 Å². The molecule has 4 N–H and O–H groups in total. The third kappa shape index (κ3) is 4.98. The molecule has 2 fully saturated rings. The van der Waals surface area contributed by atoms with Crippen LogP contribution in [0, 0.1) is 0 Å². The Hall–Kier alpha value is -4.08. The molecular weight excluding hydrogens is 458 g/mol. The van der Waals surface area contributed by atoms with Crippen LogP contribution in [-0.4, -0.2) is 43.7 Å². The normalized spacial score (nSPS) is 16.8. The van der Waals surface area contributed by atoms with Crippen LogP contribution in [0.15, 0.2) is 49.2 Å². The van der Waals surface area contributed by atoms with E-state index < -0.39 is 17.9 Å². The summed E-state index contributed by atoms with van der Waals surface area (Å²) >= 11 is 0. The van der Waals surface area contributed by atoms with Gasteiger partial charge in [0.05, 0.1) is 18.2 Å². The molecule has 2 saturated carbocycles. The second-order valence-electron chi connectivity index (χ2n) is 9.42. The molecule has 2 aliphatic rings. The molecule has 3 aromatic rings. The number of nitrogens with two attached hydrogens (primary N) is 1. The van der Waals surface area contributed by atoms with Gasteiger partial charge in [0, 0.05) is 35.6 Å². The van der Waals surface area contributed by atoms with Crippen molar-refractivity contribution in [1.82, 2.24) is 25.3 Å². The van der Waals surface area contributed by atoms with Gasteiger partial charge in [0.1, 0.15) is 11.7 Å². The van der Waals surface area contributed by atoms with E-state index in [9.17, 15) is 14.4 Å². The maximum atomic E-state index is 13.9. The fourth-order valence-electron chi connectivity index (χ4n) is 4.80. The zero-order valence-electron chi connectivity index (χ0n) is 19.9. The average molecular weight is 488 g/mol. The molecule has 2 aliphatic carbocycles. The van der Waals surface area contributed by atoms with Crippen molar-refractivity contribution in [3.05, 3.63) is 71.8 Å². The van der Waals surface area contributed by atoms with Gasteiger partial charge in [-0.15, -0.1) is 0 Å². The molecule has 10 heteroatoms. The van der Waals surface area contributed by atoms with Crippen molar-refractivity contribution in [2.45, 2.75) is 62.9 Å². The smallest absolute Gasteiger partial charge is 0.277 e. The Morgan fingerprint density at radius 2 is 1.83 bits per heavy atom. The summed E-state index contributed by atoms with van der Waals surface area (Å²) in [5.41, 5.74) is 7.29. The van der Waals surface area contributed by atoms with Gasteiger partial charge in [0.25, 0.3) is 11.8 Å². The molecule has 0 saturated heterocycles. The summed E-state index contributed by atoms with van der Waals surface area (Å²) in [4.78, 5) is 57.1. The first-order chi connectivity index (χ1) is 17.5. The van der Waals surface area contributed by atoms with Crippen LogP contribution < -0.4 is 16.0 Å². The van der Waals surface area contributed by atoms with Crippen molar-refractivity contribution >= 4 is 23.4 Å². The minimum absolute atomic E-state index is 0.0144. The number of rotatable bonds is 8. The first kappa shape index (κ1) is 23.7. The highest BCUT2D eigenvalue weighted by molar-refractivity contribution is 6.12. The van der Waals surface area contributed by atoms with Gasteiger partial charge in [-0.25, -0.2) is 9.97 Å². The Morgan fingerprint density at radius 1 is 1.03 bits per heavy atom. The lowest BCUT2D eigenvalue weighted by molar-refractivity contribution is -0.123. The van der Waals surface area contributed by atoms with E-state index >= 15 is 0 Å². The number of aromatic amines is 1. The number of hydrogen-bond donors (Lipinski definition) is 3. The van der Waals surface area contributed by atoms with Gasteiger partial charge in [-0.3, -0.25) is 24.3 Å². The first-order valence-electron chi connectivity index (χ1n) is 12.4. The number of carbonyl (C=O) groups excluding carboxylic acids is 3. The summed E-state index contributed by atoms with van der Waals surface area (Å²) in [6, 6.07) is 5.81. The number of carbonyl (C=O) groups is 3. The highest BCUT2D eigenvalue weighted by atomic mass is 16.2. The summed E-state index contributed by atoms with van der Waals surface area (Å²) in [5, 5.41) is 3.13. The number of H-pyrrole nitrogens is 1. The van der Waals surface area contributed by atoms with Gasteiger partial charge < -0.3 is 16.0 Å². The minimum Gasteiger partial charge on any atom is -0.364 e. The number of imidazole rings is 1. The number of aromatic nitrogens is 4. The predicted molar refractivity (Wildman–Crippen MR) is 132 cm³/mol. The summed E-state index contributed by atoms with van der Waals surface area (Å²) in [7, 11) is 0. The number of amides is 3. The second kappa shape index (κ2) is 10.3. The zero-order chi connectivity index (χ0) is 25.1. The third-order valence-corrected chi connectivity index (χ3v) is 6.79. The zero-order valence-corrected chi connectivity index (χ0v) is 19.9. The fraction of sp³-hybridized carbons (Fsp3) is 0.385. The molecule has 10 nitrogen and oxygen atoms in total. The number of hydrogen-bond acceptors (Lipinski definition) is 6. The molecule has 186 valence electrons. The van der Waals surface area contributed by atoms with Gasteiger partial charge in [-0.2, -0.15) is 0 Å². The molecule has 0 bridgehead atoms. The topological polar surface area (TPSA) is 147 Å².